The number of benzene rings is 1. The summed E-state index contributed by atoms with van der Waals surface area (Å²) in [6.45, 7) is 1.77. The number of ketones is 1. The molecule has 0 bridgehead atoms. The highest BCUT2D eigenvalue weighted by Gasteiger charge is 2.19. The van der Waals surface area contributed by atoms with Crippen molar-refractivity contribution >= 4 is 23.1 Å². The van der Waals surface area contributed by atoms with Crippen LogP contribution < -0.4 is 0 Å². The Labute approximate surface area is 115 Å². The molecule has 0 aliphatic heterocycles. The van der Waals surface area contributed by atoms with Gasteiger partial charge in [-0.05, 0) is 19.1 Å². The van der Waals surface area contributed by atoms with E-state index in [1.54, 1.807) is 25.1 Å². The fourth-order valence-electron chi connectivity index (χ4n) is 1.73. The van der Waals surface area contributed by atoms with E-state index in [-0.39, 0.29) is 17.7 Å². The number of carbonyl (C=O) groups is 2. The Morgan fingerprint density at radius 2 is 1.79 bits per heavy atom. The largest absolute Gasteiger partial charge is 0.469 e. The molecule has 0 saturated heterocycles. The van der Waals surface area contributed by atoms with Crippen LogP contribution in [-0.4, -0.2) is 18.9 Å². The van der Waals surface area contributed by atoms with Gasteiger partial charge in [0.05, 0.1) is 17.9 Å². The lowest BCUT2D eigenvalue weighted by molar-refractivity contribution is -0.141. The molecule has 0 N–H and O–H groups in total. The molecule has 98 valence electrons. The van der Waals surface area contributed by atoms with E-state index in [0.717, 1.165) is 4.88 Å². The third-order valence-corrected chi connectivity index (χ3v) is 4.13. The Hall–Kier alpha value is -1.94. The fraction of sp³-hybridized carbons (Fsp3) is 0.200. The highest BCUT2D eigenvalue weighted by atomic mass is 32.1. The lowest BCUT2D eigenvalue weighted by atomic mass is 10.1. The molecule has 19 heavy (non-hydrogen) atoms. The lowest BCUT2D eigenvalue weighted by Gasteiger charge is -2.05. The topological polar surface area (TPSA) is 43.4 Å². The minimum atomic E-state index is -0.340. The number of thiophene rings is 1. The molecule has 1 atom stereocenters. The van der Waals surface area contributed by atoms with Gasteiger partial charge in [0.2, 0.25) is 5.78 Å². The highest BCUT2D eigenvalue weighted by Crippen LogP contribution is 2.27. The summed E-state index contributed by atoms with van der Waals surface area (Å²) in [4.78, 5) is 25.2. The number of rotatable bonds is 4. The number of methoxy groups -OCH3 is 1. The molecule has 0 radical (unpaired) electrons. The molecule has 0 aliphatic carbocycles. The number of hydrogen-bond donors (Lipinski definition) is 0. The third-order valence-electron chi connectivity index (χ3n) is 2.87. The maximum absolute atomic E-state index is 12.2. The van der Waals surface area contributed by atoms with Crippen LogP contribution in [0.3, 0.4) is 0 Å². The van der Waals surface area contributed by atoms with Crippen molar-refractivity contribution in [3.8, 4) is 0 Å². The molecule has 1 heterocycles. The van der Waals surface area contributed by atoms with Crippen molar-refractivity contribution in [1.29, 1.82) is 0 Å². The molecule has 2 aromatic rings. The first-order chi connectivity index (χ1) is 9.13. The predicted octanol–water partition coefficient (Wildman–Crippen LogP) is 3.26. The van der Waals surface area contributed by atoms with Crippen LogP contribution in [0, 0.1) is 0 Å². The van der Waals surface area contributed by atoms with Crippen LogP contribution in [0.1, 0.15) is 33.0 Å². The Morgan fingerprint density at radius 1 is 1.11 bits per heavy atom. The predicted molar refractivity (Wildman–Crippen MR) is 74.6 cm³/mol. The maximum atomic E-state index is 12.2. The van der Waals surface area contributed by atoms with Crippen LogP contribution in [0.2, 0.25) is 0 Å². The normalized spacial score (nSPS) is 11.9. The van der Waals surface area contributed by atoms with Crippen LogP contribution >= 0.6 is 11.3 Å². The van der Waals surface area contributed by atoms with E-state index in [1.807, 2.05) is 24.3 Å². The number of carbonyl (C=O) groups excluding carboxylic acids is 2. The SMILES string of the molecule is COC(=O)[C@@H](C)c1ccc(C(=O)c2ccccc2)s1. The van der Waals surface area contributed by atoms with Gasteiger partial charge in [0.15, 0.2) is 0 Å². The summed E-state index contributed by atoms with van der Waals surface area (Å²) in [5.74, 6) is -0.651. The van der Waals surface area contributed by atoms with Crippen molar-refractivity contribution in [2.75, 3.05) is 7.11 Å². The van der Waals surface area contributed by atoms with Crippen LogP contribution in [0.25, 0.3) is 0 Å². The van der Waals surface area contributed by atoms with Crippen molar-refractivity contribution in [1.82, 2.24) is 0 Å². The van der Waals surface area contributed by atoms with E-state index in [0.29, 0.717) is 10.4 Å². The molecule has 1 aromatic carbocycles. The van der Waals surface area contributed by atoms with Gasteiger partial charge in [-0.1, -0.05) is 30.3 Å². The quantitative estimate of drug-likeness (QED) is 0.635. The first-order valence-corrected chi connectivity index (χ1v) is 6.72. The molecule has 0 fully saturated rings. The van der Waals surface area contributed by atoms with Crippen molar-refractivity contribution in [3.63, 3.8) is 0 Å². The lowest BCUT2D eigenvalue weighted by Crippen LogP contribution is -2.09. The summed E-state index contributed by atoms with van der Waals surface area (Å²) < 4.78 is 4.70. The van der Waals surface area contributed by atoms with E-state index in [2.05, 4.69) is 0 Å². The van der Waals surface area contributed by atoms with Gasteiger partial charge in [0, 0.05) is 10.4 Å². The molecule has 4 heteroatoms. The van der Waals surface area contributed by atoms with Gasteiger partial charge in [0.25, 0.3) is 0 Å². The van der Waals surface area contributed by atoms with Crippen molar-refractivity contribution in [3.05, 3.63) is 57.8 Å². The Balaban J connectivity index is 2.22. The third kappa shape index (κ3) is 2.90. The summed E-state index contributed by atoms with van der Waals surface area (Å²) in [6.07, 6.45) is 0. The number of ether oxygens (including phenoxy) is 1. The van der Waals surface area contributed by atoms with Crippen LogP contribution in [0.4, 0.5) is 0 Å². The Bertz CT molecular complexity index is 586. The highest BCUT2D eigenvalue weighted by molar-refractivity contribution is 7.14. The molecule has 2 rings (SSSR count). The molecule has 0 saturated carbocycles. The van der Waals surface area contributed by atoms with Crippen molar-refractivity contribution in [2.24, 2.45) is 0 Å². The van der Waals surface area contributed by atoms with Gasteiger partial charge in [-0.25, -0.2) is 0 Å². The Morgan fingerprint density at radius 3 is 2.42 bits per heavy atom. The van der Waals surface area contributed by atoms with E-state index < -0.39 is 0 Å². The van der Waals surface area contributed by atoms with Gasteiger partial charge >= 0.3 is 5.97 Å². The minimum absolute atomic E-state index is 0.0195. The summed E-state index contributed by atoms with van der Waals surface area (Å²) in [7, 11) is 1.36. The monoisotopic (exact) mass is 274 g/mol. The second kappa shape index (κ2) is 5.80. The van der Waals surface area contributed by atoms with Crippen LogP contribution in [0.15, 0.2) is 42.5 Å². The van der Waals surface area contributed by atoms with Crippen molar-refractivity contribution < 1.29 is 14.3 Å². The molecular weight excluding hydrogens is 260 g/mol. The molecular formula is C15H14O3S. The zero-order valence-corrected chi connectivity index (χ0v) is 11.6. The van der Waals surface area contributed by atoms with Gasteiger partial charge in [-0.15, -0.1) is 11.3 Å². The van der Waals surface area contributed by atoms with Gasteiger partial charge in [0.1, 0.15) is 0 Å². The standard InChI is InChI=1S/C15H14O3S/c1-10(15(17)18-2)12-8-9-13(19-12)14(16)11-6-4-3-5-7-11/h3-10H,1-2H3/t10-/m0/s1. The van der Waals surface area contributed by atoms with Gasteiger partial charge in [-0.2, -0.15) is 0 Å². The fourth-order valence-corrected chi connectivity index (χ4v) is 2.74. The Kier molecular flexibility index (Phi) is 4.12. The zero-order chi connectivity index (χ0) is 13.8. The summed E-state index contributed by atoms with van der Waals surface area (Å²) in [5.41, 5.74) is 0.654. The van der Waals surface area contributed by atoms with E-state index in [4.69, 9.17) is 4.74 Å². The van der Waals surface area contributed by atoms with E-state index in [1.165, 1.54) is 18.4 Å². The summed E-state index contributed by atoms with van der Waals surface area (Å²) in [6, 6.07) is 12.7. The number of hydrogen-bond acceptors (Lipinski definition) is 4. The average molecular weight is 274 g/mol. The van der Waals surface area contributed by atoms with Crippen LogP contribution in [0.5, 0.6) is 0 Å². The molecule has 0 unspecified atom stereocenters. The molecule has 0 aliphatic rings. The zero-order valence-electron chi connectivity index (χ0n) is 10.8. The molecule has 1 aromatic heterocycles. The molecule has 3 nitrogen and oxygen atoms in total. The van der Waals surface area contributed by atoms with Gasteiger partial charge in [-0.3, -0.25) is 9.59 Å². The number of esters is 1. The first kappa shape index (κ1) is 13.5. The summed E-state index contributed by atoms with van der Waals surface area (Å²) >= 11 is 1.34. The average Bonchev–Trinajstić information content (AvgIpc) is 2.95. The van der Waals surface area contributed by atoms with E-state index >= 15 is 0 Å². The second-order valence-corrected chi connectivity index (χ2v) is 5.26. The second-order valence-electron chi connectivity index (χ2n) is 4.14. The van der Waals surface area contributed by atoms with Gasteiger partial charge < -0.3 is 4.74 Å². The minimum Gasteiger partial charge on any atom is -0.469 e. The van der Waals surface area contributed by atoms with E-state index in [9.17, 15) is 9.59 Å². The van der Waals surface area contributed by atoms with Crippen molar-refractivity contribution in [2.45, 2.75) is 12.8 Å². The molecule has 0 spiro atoms. The smallest absolute Gasteiger partial charge is 0.313 e. The molecule has 0 amide bonds. The van der Waals surface area contributed by atoms with Crippen LogP contribution in [-0.2, 0) is 9.53 Å². The maximum Gasteiger partial charge on any atom is 0.313 e. The summed E-state index contributed by atoms with van der Waals surface area (Å²) in [5, 5.41) is 0. The first-order valence-electron chi connectivity index (χ1n) is 5.90.